The number of ether oxygens (including phenoxy) is 1. The van der Waals surface area contributed by atoms with Crippen molar-refractivity contribution in [3.8, 4) is 0 Å². The van der Waals surface area contributed by atoms with E-state index in [1.165, 1.54) is 16.7 Å². The quantitative estimate of drug-likeness (QED) is 0.767. The zero-order valence-corrected chi connectivity index (χ0v) is 16.1. The van der Waals surface area contributed by atoms with Gasteiger partial charge in [0.05, 0.1) is 29.9 Å². The molecular formula is C21H21NO5S. The van der Waals surface area contributed by atoms with E-state index in [-0.39, 0.29) is 24.8 Å². The van der Waals surface area contributed by atoms with Crippen molar-refractivity contribution in [1.82, 2.24) is 4.90 Å². The minimum atomic E-state index is -0.964. The van der Waals surface area contributed by atoms with Gasteiger partial charge in [-0.2, -0.15) is 0 Å². The van der Waals surface area contributed by atoms with E-state index in [9.17, 15) is 19.8 Å². The molecule has 2 aliphatic rings. The second kappa shape index (κ2) is 7.67. The summed E-state index contributed by atoms with van der Waals surface area (Å²) in [5, 5.41) is 19.9. The Bertz CT molecular complexity index is 865. The number of thioether (sulfide) groups is 1. The molecule has 4 atom stereocenters. The van der Waals surface area contributed by atoms with E-state index in [2.05, 4.69) is 0 Å². The maximum Gasteiger partial charge on any atom is 0.261 e. The van der Waals surface area contributed by atoms with Crippen molar-refractivity contribution >= 4 is 23.6 Å². The summed E-state index contributed by atoms with van der Waals surface area (Å²) in [5.74, 6) is -0.753. The number of hydrogen-bond acceptors (Lipinski definition) is 6. The molecule has 7 heteroatoms. The Kier molecular flexibility index (Phi) is 5.25. The molecule has 2 aromatic rings. The van der Waals surface area contributed by atoms with Crippen molar-refractivity contribution in [1.29, 1.82) is 0 Å². The van der Waals surface area contributed by atoms with Gasteiger partial charge in [0.1, 0.15) is 11.5 Å². The number of carbonyl (C=O) groups is 2. The molecule has 0 aliphatic carbocycles. The third kappa shape index (κ3) is 3.35. The van der Waals surface area contributed by atoms with Gasteiger partial charge in [-0.25, -0.2) is 0 Å². The minimum absolute atomic E-state index is 0.153. The molecule has 4 unspecified atom stereocenters. The summed E-state index contributed by atoms with van der Waals surface area (Å²) in [6.45, 7) is 1.66. The number of benzene rings is 2. The molecule has 4 rings (SSSR count). The molecule has 2 aromatic carbocycles. The number of amides is 2. The van der Waals surface area contributed by atoms with Crippen molar-refractivity contribution in [3.05, 3.63) is 65.2 Å². The Morgan fingerprint density at radius 2 is 1.68 bits per heavy atom. The van der Waals surface area contributed by atoms with Crippen LogP contribution in [-0.4, -0.2) is 57.2 Å². The number of aliphatic hydroxyl groups is 2. The molecule has 2 N–H and O–H groups in total. The first-order chi connectivity index (χ1) is 13.5. The van der Waals surface area contributed by atoms with E-state index in [0.29, 0.717) is 11.1 Å². The highest BCUT2D eigenvalue weighted by Crippen LogP contribution is 2.38. The summed E-state index contributed by atoms with van der Waals surface area (Å²) in [6, 6.07) is 13.9. The topological polar surface area (TPSA) is 87.1 Å². The molecular weight excluding hydrogens is 378 g/mol. The Labute approximate surface area is 167 Å². The molecule has 0 aromatic heterocycles. The number of nitrogens with zero attached hydrogens (tertiary/aromatic N) is 1. The number of carbonyl (C=O) groups excluding carboxylic acids is 2. The Hall–Kier alpha value is -2.19. The van der Waals surface area contributed by atoms with Crippen LogP contribution in [0.3, 0.4) is 0 Å². The predicted molar refractivity (Wildman–Crippen MR) is 104 cm³/mol. The summed E-state index contributed by atoms with van der Waals surface area (Å²) in [6.07, 6.45) is -1.57. The largest absolute Gasteiger partial charge is 0.394 e. The van der Waals surface area contributed by atoms with Crippen LogP contribution in [0.5, 0.6) is 0 Å². The standard InChI is InChI=1S/C21H21NO5S/c1-12-6-8-13(9-7-12)28-21-16(10-17(24)18(11-23)27-21)22-19(25)14-4-2-3-5-15(14)20(22)26/h2-9,16-18,21,23-24H,10-11H2,1H3. The van der Waals surface area contributed by atoms with Crippen LogP contribution < -0.4 is 0 Å². The van der Waals surface area contributed by atoms with E-state index in [1.54, 1.807) is 24.3 Å². The molecule has 6 nitrogen and oxygen atoms in total. The average Bonchev–Trinajstić information content (AvgIpc) is 2.95. The van der Waals surface area contributed by atoms with Crippen LogP contribution in [0.25, 0.3) is 0 Å². The van der Waals surface area contributed by atoms with Crippen molar-refractivity contribution in [2.75, 3.05) is 6.61 Å². The molecule has 1 fully saturated rings. The predicted octanol–water partition coefficient (Wildman–Crippen LogP) is 2.22. The lowest BCUT2D eigenvalue weighted by molar-refractivity contribution is -0.127. The van der Waals surface area contributed by atoms with Gasteiger partial charge in [-0.05, 0) is 31.2 Å². The van der Waals surface area contributed by atoms with Crippen molar-refractivity contribution in [2.45, 2.75) is 41.9 Å². The molecule has 1 saturated heterocycles. The number of aryl methyl sites for hydroxylation is 1. The van der Waals surface area contributed by atoms with Gasteiger partial charge < -0.3 is 14.9 Å². The molecule has 2 amide bonds. The number of hydrogen-bond donors (Lipinski definition) is 2. The molecule has 0 radical (unpaired) electrons. The van der Waals surface area contributed by atoms with E-state index in [0.717, 1.165) is 10.5 Å². The van der Waals surface area contributed by atoms with Crippen molar-refractivity contribution in [2.24, 2.45) is 0 Å². The van der Waals surface area contributed by atoms with E-state index < -0.39 is 23.7 Å². The number of fused-ring (bicyclic) bond motifs is 1. The highest BCUT2D eigenvalue weighted by atomic mass is 32.2. The van der Waals surface area contributed by atoms with Crippen LogP contribution in [0.15, 0.2) is 53.4 Å². The highest BCUT2D eigenvalue weighted by molar-refractivity contribution is 7.99. The Balaban J connectivity index is 1.65. The fourth-order valence-electron chi connectivity index (χ4n) is 3.62. The van der Waals surface area contributed by atoms with E-state index in [4.69, 9.17) is 4.74 Å². The van der Waals surface area contributed by atoms with Crippen molar-refractivity contribution in [3.63, 3.8) is 0 Å². The summed E-state index contributed by atoms with van der Waals surface area (Å²) >= 11 is 1.38. The lowest BCUT2D eigenvalue weighted by Crippen LogP contribution is -2.55. The number of aliphatic hydroxyl groups excluding tert-OH is 2. The third-order valence-corrected chi connectivity index (χ3v) is 6.35. The van der Waals surface area contributed by atoms with Crippen LogP contribution in [0.1, 0.15) is 32.7 Å². The summed E-state index contributed by atoms with van der Waals surface area (Å²) in [4.78, 5) is 28.0. The van der Waals surface area contributed by atoms with E-state index in [1.807, 2.05) is 31.2 Å². The smallest absolute Gasteiger partial charge is 0.261 e. The number of rotatable bonds is 4. The molecule has 28 heavy (non-hydrogen) atoms. The van der Waals surface area contributed by atoms with Gasteiger partial charge in [0.25, 0.3) is 11.8 Å². The number of imide groups is 1. The zero-order chi connectivity index (χ0) is 19.8. The van der Waals surface area contributed by atoms with Crippen LogP contribution >= 0.6 is 11.8 Å². The molecule has 0 bridgehead atoms. The Morgan fingerprint density at radius 3 is 2.25 bits per heavy atom. The zero-order valence-electron chi connectivity index (χ0n) is 15.3. The lowest BCUT2D eigenvalue weighted by Gasteiger charge is -2.41. The normalized spacial score (nSPS) is 27.2. The molecule has 2 aliphatic heterocycles. The summed E-state index contributed by atoms with van der Waals surface area (Å²) in [7, 11) is 0. The average molecular weight is 399 g/mol. The van der Waals surface area contributed by atoms with Crippen molar-refractivity contribution < 1.29 is 24.5 Å². The maximum atomic E-state index is 12.9. The monoisotopic (exact) mass is 399 g/mol. The van der Waals surface area contributed by atoms with Gasteiger partial charge in [0.15, 0.2) is 0 Å². The van der Waals surface area contributed by atoms with Crippen LogP contribution in [-0.2, 0) is 4.74 Å². The third-order valence-electron chi connectivity index (χ3n) is 5.15. The van der Waals surface area contributed by atoms with Gasteiger partial charge in [-0.15, -0.1) is 0 Å². The van der Waals surface area contributed by atoms with Gasteiger partial charge in [-0.3, -0.25) is 14.5 Å². The summed E-state index contributed by atoms with van der Waals surface area (Å²) < 4.78 is 5.92. The van der Waals surface area contributed by atoms with Gasteiger partial charge in [0.2, 0.25) is 0 Å². The molecule has 0 spiro atoms. The minimum Gasteiger partial charge on any atom is -0.394 e. The second-order valence-corrected chi connectivity index (χ2v) is 8.22. The van der Waals surface area contributed by atoms with Crippen LogP contribution in [0, 0.1) is 6.92 Å². The molecule has 2 heterocycles. The van der Waals surface area contributed by atoms with Crippen LogP contribution in [0.2, 0.25) is 0 Å². The highest BCUT2D eigenvalue weighted by Gasteiger charge is 2.48. The lowest BCUT2D eigenvalue weighted by atomic mass is 10.0. The van der Waals surface area contributed by atoms with Gasteiger partial charge in [0, 0.05) is 11.3 Å². The summed E-state index contributed by atoms with van der Waals surface area (Å²) in [5.41, 5.74) is 1.26. The first-order valence-electron chi connectivity index (χ1n) is 9.14. The second-order valence-electron chi connectivity index (χ2n) is 7.05. The first kappa shape index (κ1) is 19.1. The van der Waals surface area contributed by atoms with Gasteiger partial charge in [-0.1, -0.05) is 41.6 Å². The first-order valence-corrected chi connectivity index (χ1v) is 10.0. The fraction of sp³-hybridized carbons (Fsp3) is 0.333. The maximum absolute atomic E-state index is 12.9. The van der Waals surface area contributed by atoms with Crippen LogP contribution in [0.4, 0.5) is 0 Å². The van der Waals surface area contributed by atoms with Gasteiger partial charge >= 0.3 is 0 Å². The molecule has 0 saturated carbocycles. The SMILES string of the molecule is Cc1ccc(SC2OC(CO)C(O)CC2N2C(=O)c3ccccc3C2=O)cc1. The van der Waals surface area contributed by atoms with E-state index >= 15 is 0 Å². The Morgan fingerprint density at radius 1 is 1.07 bits per heavy atom. The molecule has 146 valence electrons. The fourth-order valence-corrected chi connectivity index (χ4v) is 4.77.